The van der Waals surface area contributed by atoms with Crippen molar-refractivity contribution in [3.05, 3.63) is 23.8 Å². The van der Waals surface area contributed by atoms with Gasteiger partial charge in [-0.25, -0.2) is 0 Å². The molecule has 2 bridgehead atoms. The summed E-state index contributed by atoms with van der Waals surface area (Å²) in [6.07, 6.45) is 3.55. The van der Waals surface area contributed by atoms with Gasteiger partial charge >= 0.3 is 0 Å². The van der Waals surface area contributed by atoms with Crippen LogP contribution >= 0.6 is 0 Å². The first-order valence-corrected chi connectivity index (χ1v) is 9.62. The van der Waals surface area contributed by atoms with E-state index < -0.39 is 0 Å². The molecule has 148 valence electrons. The highest BCUT2D eigenvalue weighted by Gasteiger charge is 2.38. The number of benzene rings is 1. The van der Waals surface area contributed by atoms with Gasteiger partial charge in [0.15, 0.2) is 11.5 Å². The van der Waals surface area contributed by atoms with Crippen molar-refractivity contribution in [3.63, 3.8) is 0 Å². The van der Waals surface area contributed by atoms with E-state index in [1.165, 1.54) is 0 Å². The summed E-state index contributed by atoms with van der Waals surface area (Å²) >= 11 is 0. The van der Waals surface area contributed by atoms with Crippen molar-refractivity contribution < 1.29 is 19.1 Å². The van der Waals surface area contributed by atoms with Gasteiger partial charge in [-0.1, -0.05) is 6.42 Å². The average molecular weight is 375 g/mol. The maximum atomic E-state index is 13.2. The number of hydrogen-bond acceptors (Lipinski definition) is 5. The van der Waals surface area contributed by atoms with E-state index in [4.69, 9.17) is 15.2 Å². The number of ether oxygens (including phenoxy) is 2. The Morgan fingerprint density at radius 3 is 2.81 bits per heavy atom. The predicted octanol–water partition coefficient (Wildman–Crippen LogP) is 1.51. The number of nitrogens with zero attached hydrogens (tertiary/aromatic N) is 2. The molecule has 2 N–H and O–H groups in total. The topological polar surface area (TPSA) is 85.1 Å². The highest BCUT2D eigenvalue weighted by molar-refractivity contribution is 5.95. The van der Waals surface area contributed by atoms with Gasteiger partial charge in [-0.3, -0.25) is 9.59 Å². The number of fused-ring (bicyclic) bond motifs is 3. The SMILES string of the molecule is COc1ccc(C(=O)N2C[C@H]3CCC[C@@H](C2)N(C)C3=O)cc1OCCCN. The Balaban J connectivity index is 1.80. The molecule has 2 fully saturated rings. The van der Waals surface area contributed by atoms with Gasteiger partial charge in [0.1, 0.15) is 0 Å². The molecule has 27 heavy (non-hydrogen) atoms. The number of carbonyl (C=O) groups is 2. The quantitative estimate of drug-likeness (QED) is 0.762. The molecule has 7 nitrogen and oxygen atoms in total. The van der Waals surface area contributed by atoms with E-state index >= 15 is 0 Å². The summed E-state index contributed by atoms with van der Waals surface area (Å²) in [6.45, 7) is 2.07. The summed E-state index contributed by atoms with van der Waals surface area (Å²) in [5.74, 6) is 1.12. The predicted molar refractivity (Wildman–Crippen MR) is 102 cm³/mol. The van der Waals surface area contributed by atoms with Gasteiger partial charge in [0.2, 0.25) is 5.91 Å². The van der Waals surface area contributed by atoms with Crippen LogP contribution in [0.25, 0.3) is 0 Å². The van der Waals surface area contributed by atoms with Crippen molar-refractivity contribution in [3.8, 4) is 11.5 Å². The number of methoxy groups -OCH3 is 1. The molecule has 0 spiro atoms. The molecule has 2 saturated heterocycles. The second-order valence-corrected chi connectivity index (χ2v) is 7.30. The Hall–Kier alpha value is -2.28. The van der Waals surface area contributed by atoms with Crippen LogP contribution in [0.5, 0.6) is 11.5 Å². The van der Waals surface area contributed by atoms with Crippen LogP contribution in [0.4, 0.5) is 0 Å². The number of likely N-dealkylation sites (N-methyl/N-ethyl adjacent to an activating group) is 1. The second kappa shape index (κ2) is 8.61. The number of likely N-dealkylation sites (tertiary alicyclic amines) is 1. The van der Waals surface area contributed by atoms with Crippen LogP contribution in [0.3, 0.4) is 0 Å². The van der Waals surface area contributed by atoms with Crippen molar-refractivity contribution in [2.45, 2.75) is 31.7 Å². The molecule has 7 heteroatoms. The Morgan fingerprint density at radius 1 is 1.26 bits per heavy atom. The zero-order chi connectivity index (χ0) is 19.4. The summed E-state index contributed by atoms with van der Waals surface area (Å²) in [6, 6.07) is 5.32. The van der Waals surface area contributed by atoms with Crippen LogP contribution in [0, 0.1) is 5.92 Å². The normalized spacial score (nSPS) is 22.4. The molecular weight excluding hydrogens is 346 g/mol. The lowest BCUT2D eigenvalue weighted by Gasteiger charge is -2.29. The number of nitrogens with two attached hydrogens (primary N) is 1. The fourth-order valence-electron chi connectivity index (χ4n) is 3.90. The molecule has 1 aromatic rings. The van der Waals surface area contributed by atoms with Gasteiger partial charge < -0.3 is 25.0 Å². The smallest absolute Gasteiger partial charge is 0.254 e. The molecule has 2 heterocycles. The van der Waals surface area contributed by atoms with Crippen LogP contribution in [0.1, 0.15) is 36.0 Å². The van der Waals surface area contributed by atoms with E-state index in [0.717, 1.165) is 25.7 Å². The van der Waals surface area contributed by atoms with Crippen molar-refractivity contribution in [2.75, 3.05) is 40.4 Å². The van der Waals surface area contributed by atoms with E-state index in [1.54, 1.807) is 25.3 Å². The standard InChI is InChI=1S/C20H29N3O4/c1-22-16-6-3-5-15(19(22)24)12-23(13-16)20(25)14-7-8-17(26-2)18(11-14)27-10-4-9-21/h7-8,11,15-16H,3-6,9-10,12-13,21H2,1-2H3/t15-,16+/m1/s1. The monoisotopic (exact) mass is 375 g/mol. The van der Waals surface area contributed by atoms with Crippen molar-refractivity contribution in [1.29, 1.82) is 0 Å². The van der Waals surface area contributed by atoms with E-state index in [1.807, 2.05) is 16.8 Å². The Bertz CT molecular complexity index is 694. The van der Waals surface area contributed by atoms with Crippen LogP contribution in [-0.4, -0.2) is 68.1 Å². The molecule has 0 radical (unpaired) electrons. The third-order valence-electron chi connectivity index (χ3n) is 5.51. The molecule has 0 aromatic heterocycles. The molecule has 0 aliphatic carbocycles. The summed E-state index contributed by atoms with van der Waals surface area (Å²) in [5.41, 5.74) is 6.07. The van der Waals surface area contributed by atoms with Gasteiger partial charge in [-0.05, 0) is 44.0 Å². The number of carbonyl (C=O) groups excluding carboxylic acids is 2. The van der Waals surface area contributed by atoms with E-state index in [0.29, 0.717) is 43.3 Å². The van der Waals surface area contributed by atoms with Crippen molar-refractivity contribution in [1.82, 2.24) is 9.80 Å². The molecule has 3 rings (SSSR count). The van der Waals surface area contributed by atoms with E-state index in [-0.39, 0.29) is 23.8 Å². The second-order valence-electron chi connectivity index (χ2n) is 7.30. The molecule has 2 atom stereocenters. The number of hydrogen-bond donors (Lipinski definition) is 1. The van der Waals surface area contributed by atoms with Gasteiger partial charge in [0, 0.05) is 31.7 Å². The molecule has 0 unspecified atom stereocenters. The third-order valence-corrected chi connectivity index (χ3v) is 5.51. The summed E-state index contributed by atoms with van der Waals surface area (Å²) in [7, 11) is 3.43. The lowest BCUT2D eigenvalue weighted by molar-refractivity contribution is -0.134. The summed E-state index contributed by atoms with van der Waals surface area (Å²) < 4.78 is 11.1. The van der Waals surface area contributed by atoms with Gasteiger partial charge in [-0.15, -0.1) is 0 Å². The minimum Gasteiger partial charge on any atom is -0.493 e. The van der Waals surface area contributed by atoms with Crippen LogP contribution in [-0.2, 0) is 4.79 Å². The first kappa shape index (κ1) is 19.5. The Labute approximate surface area is 160 Å². The van der Waals surface area contributed by atoms with E-state index in [2.05, 4.69) is 0 Å². The van der Waals surface area contributed by atoms with E-state index in [9.17, 15) is 9.59 Å². The fourth-order valence-corrected chi connectivity index (χ4v) is 3.90. The van der Waals surface area contributed by atoms with Gasteiger partial charge in [0.05, 0.1) is 19.6 Å². The van der Waals surface area contributed by atoms with Crippen LogP contribution < -0.4 is 15.2 Å². The molecule has 1 aromatic carbocycles. The summed E-state index contributed by atoms with van der Waals surface area (Å²) in [4.78, 5) is 29.4. The maximum Gasteiger partial charge on any atom is 0.254 e. The van der Waals surface area contributed by atoms with Crippen molar-refractivity contribution in [2.24, 2.45) is 11.7 Å². The average Bonchev–Trinajstić information content (AvgIpc) is 2.86. The summed E-state index contributed by atoms with van der Waals surface area (Å²) in [5, 5.41) is 0. The Kier molecular flexibility index (Phi) is 6.21. The Morgan fingerprint density at radius 2 is 2.07 bits per heavy atom. The first-order chi connectivity index (χ1) is 13.0. The minimum absolute atomic E-state index is 0.0682. The zero-order valence-corrected chi connectivity index (χ0v) is 16.1. The molecule has 2 aliphatic rings. The first-order valence-electron chi connectivity index (χ1n) is 9.62. The molecule has 0 saturated carbocycles. The molecule has 2 aliphatic heterocycles. The van der Waals surface area contributed by atoms with Crippen molar-refractivity contribution >= 4 is 11.8 Å². The van der Waals surface area contributed by atoms with Crippen LogP contribution in [0.15, 0.2) is 18.2 Å². The minimum atomic E-state index is -0.107. The molecular formula is C20H29N3O4. The number of amides is 2. The highest BCUT2D eigenvalue weighted by Crippen LogP contribution is 2.31. The highest BCUT2D eigenvalue weighted by atomic mass is 16.5. The van der Waals surface area contributed by atoms with Crippen LogP contribution in [0.2, 0.25) is 0 Å². The third kappa shape index (κ3) is 4.18. The van der Waals surface area contributed by atoms with Gasteiger partial charge in [0.25, 0.3) is 5.91 Å². The zero-order valence-electron chi connectivity index (χ0n) is 16.1. The lowest BCUT2D eigenvalue weighted by atomic mass is 9.98. The molecule has 2 amide bonds. The van der Waals surface area contributed by atoms with Gasteiger partial charge in [-0.2, -0.15) is 0 Å². The number of rotatable bonds is 6. The lowest BCUT2D eigenvalue weighted by Crippen LogP contribution is -2.42. The maximum absolute atomic E-state index is 13.2. The largest absolute Gasteiger partial charge is 0.493 e. The fraction of sp³-hybridized carbons (Fsp3) is 0.600.